The Kier molecular flexibility index (Phi) is 8.36. The van der Waals surface area contributed by atoms with Gasteiger partial charge in [0, 0.05) is 0 Å². The Balaban J connectivity index is 1.82. The lowest BCUT2D eigenvalue weighted by Gasteiger charge is -2.08. The first-order valence-electron chi connectivity index (χ1n) is 9.38. The summed E-state index contributed by atoms with van der Waals surface area (Å²) in [6.45, 7) is 4.58. The maximum Gasteiger partial charge on any atom is 0.343 e. The molecule has 0 heterocycles. The van der Waals surface area contributed by atoms with Crippen LogP contribution in [0.3, 0.4) is 0 Å². The molecular formula is C22H27NO4. The highest BCUT2D eigenvalue weighted by Gasteiger charge is 2.09. The van der Waals surface area contributed by atoms with Gasteiger partial charge < -0.3 is 14.7 Å². The average Bonchev–Trinajstić information content (AvgIpc) is 2.71. The summed E-state index contributed by atoms with van der Waals surface area (Å²) in [4.78, 5) is 12.2. The summed E-state index contributed by atoms with van der Waals surface area (Å²) in [6, 6.07) is 13.8. The number of unbranched alkanes of at least 4 members (excludes halogenated alkanes) is 4. The van der Waals surface area contributed by atoms with Gasteiger partial charge in [-0.25, -0.2) is 4.79 Å². The zero-order valence-electron chi connectivity index (χ0n) is 16.0. The van der Waals surface area contributed by atoms with E-state index in [-0.39, 0.29) is 0 Å². The van der Waals surface area contributed by atoms with Crippen LogP contribution in [0.15, 0.2) is 53.7 Å². The van der Waals surface area contributed by atoms with Crippen LogP contribution in [0.5, 0.6) is 11.5 Å². The fourth-order valence-electron chi connectivity index (χ4n) is 2.57. The Morgan fingerprint density at radius 2 is 1.48 bits per heavy atom. The standard InChI is InChI=1S/C22H27NO4/c1-3-4-5-6-7-16-26-20-12-10-19(11-13-20)22(24)27-21-14-8-18(9-15-21)17(2)23-25/h8-15,25H,3-7,16H2,1-2H3/b23-17+. The highest BCUT2D eigenvalue weighted by atomic mass is 16.5. The number of hydrogen-bond acceptors (Lipinski definition) is 5. The molecule has 0 aromatic heterocycles. The molecule has 0 radical (unpaired) electrons. The number of rotatable bonds is 10. The lowest BCUT2D eigenvalue weighted by atomic mass is 10.1. The van der Waals surface area contributed by atoms with Crippen LogP contribution in [0, 0.1) is 0 Å². The molecule has 0 aliphatic carbocycles. The number of hydrogen-bond donors (Lipinski definition) is 1. The molecule has 5 nitrogen and oxygen atoms in total. The molecule has 5 heteroatoms. The van der Waals surface area contributed by atoms with Gasteiger partial charge in [0.2, 0.25) is 0 Å². The summed E-state index contributed by atoms with van der Waals surface area (Å²) >= 11 is 0. The van der Waals surface area contributed by atoms with Crippen molar-refractivity contribution in [1.82, 2.24) is 0 Å². The molecule has 0 amide bonds. The second-order valence-electron chi connectivity index (χ2n) is 6.39. The van der Waals surface area contributed by atoms with Crippen LogP contribution in [0.4, 0.5) is 0 Å². The van der Waals surface area contributed by atoms with Crippen molar-refractivity contribution >= 4 is 11.7 Å². The van der Waals surface area contributed by atoms with E-state index in [1.807, 2.05) is 0 Å². The molecule has 0 saturated heterocycles. The van der Waals surface area contributed by atoms with E-state index in [1.54, 1.807) is 55.5 Å². The van der Waals surface area contributed by atoms with Crippen LogP contribution in [-0.2, 0) is 0 Å². The van der Waals surface area contributed by atoms with Gasteiger partial charge in [-0.3, -0.25) is 0 Å². The fourth-order valence-corrected chi connectivity index (χ4v) is 2.57. The van der Waals surface area contributed by atoms with Crippen LogP contribution in [-0.4, -0.2) is 23.5 Å². The molecule has 0 fully saturated rings. The molecular weight excluding hydrogens is 342 g/mol. The van der Waals surface area contributed by atoms with E-state index in [1.165, 1.54) is 25.7 Å². The third-order valence-corrected chi connectivity index (χ3v) is 4.24. The lowest BCUT2D eigenvalue weighted by molar-refractivity contribution is 0.0734. The summed E-state index contributed by atoms with van der Waals surface area (Å²) in [5.74, 6) is 0.758. The van der Waals surface area contributed by atoms with Gasteiger partial charge in [-0.2, -0.15) is 0 Å². The molecule has 2 aromatic carbocycles. The van der Waals surface area contributed by atoms with E-state index in [4.69, 9.17) is 14.7 Å². The lowest BCUT2D eigenvalue weighted by Crippen LogP contribution is -2.08. The number of ether oxygens (including phenoxy) is 2. The van der Waals surface area contributed by atoms with Crippen LogP contribution in [0.25, 0.3) is 0 Å². The van der Waals surface area contributed by atoms with Crippen LogP contribution >= 0.6 is 0 Å². The van der Waals surface area contributed by atoms with E-state index >= 15 is 0 Å². The van der Waals surface area contributed by atoms with Crippen molar-refractivity contribution in [1.29, 1.82) is 0 Å². The van der Waals surface area contributed by atoms with Gasteiger partial charge in [-0.15, -0.1) is 0 Å². The SMILES string of the molecule is CCCCCCCOc1ccc(C(=O)Oc2ccc(/C(C)=N/O)cc2)cc1. The minimum atomic E-state index is -0.429. The topological polar surface area (TPSA) is 68.1 Å². The third kappa shape index (κ3) is 6.77. The van der Waals surface area contributed by atoms with E-state index in [0.717, 1.165) is 17.7 Å². The van der Waals surface area contributed by atoms with Crippen LogP contribution < -0.4 is 9.47 Å². The van der Waals surface area contributed by atoms with Gasteiger partial charge >= 0.3 is 5.97 Å². The van der Waals surface area contributed by atoms with Gasteiger partial charge in [-0.05, 0) is 67.4 Å². The predicted octanol–water partition coefficient (Wildman–Crippen LogP) is 5.45. The number of nitrogens with zero attached hydrogens (tertiary/aromatic N) is 1. The van der Waals surface area contributed by atoms with Gasteiger partial charge in [0.25, 0.3) is 0 Å². The predicted molar refractivity (Wildman–Crippen MR) is 106 cm³/mol. The summed E-state index contributed by atoms with van der Waals surface area (Å²) in [5.41, 5.74) is 1.71. The van der Waals surface area contributed by atoms with E-state index in [0.29, 0.717) is 23.6 Å². The maximum atomic E-state index is 12.2. The van der Waals surface area contributed by atoms with Crippen molar-refractivity contribution < 1.29 is 19.5 Å². The first kappa shape index (κ1) is 20.5. The maximum absolute atomic E-state index is 12.2. The molecule has 0 aliphatic heterocycles. The summed E-state index contributed by atoms with van der Waals surface area (Å²) in [7, 11) is 0. The molecule has 2 aromatic rings. The molecule has 0 bridgehead atoms. The fraction of sp³-hybridized carbons (Fsp3) is 0.364. The molecule has 0 atom stereocenters. The minimum absolute atomic E-state index is 0.429. The number of benzene rings is 2. The monoisotopic (exact) mass is 369 g/mol. The van der Waals surface area contributed by atoms with Crippen molar-refractivity contribution in [3.63, 3.8) is 0 Å². The largest absolute Gasteiger partial charge is 0.494 e. The minimum Gasteiger partial charge on any atom is -0.494 e. The highest BCUT2D eigenvalue weighted by Crippen LogP contribution is 2.17. The molecule has 2 rings (SSSR count). The van der Waals surface area contributed by atoms with Crippen molar-refractivity contribution in [3.8, 4) is 11.5 Å². The molecule has 0 unspecified atom stereocenters. The zero-order valence-corrected chi connectivity index (χ0v) is 16.0. The Morgan fingerprint density at radius 3 is 2.11 bits per heavy atom. The normalized spacial score (nSPS) is 11.3. The van der Waals surface area contributed by atoms with E-state index in [9.17, 15) is 4.79 Å². The van der Waals surface area contributed by atoms with Crippen molar-refractivity contribution in [2.24, 2.45) is 5.16 Å². The van der Waals surface area contributed by atoms with Gasteiger partial charge in [-0.1, -0.05) is 37.8 Å². The highest BCUT2D eigenvalue weighted by molar-refractivity contribution is 5.98. The van der Waals surface area contributed by atoms with Crippen molar-refractivity contribution in [2.45, 2.75) is 46.0 Å². The average molecular weight is 369 g/mol. The molecule has 27 heavy (non-hydrogen) atoms. The Hall–Kier alpha value is -2.82. The summed E-state index contributed by atoms with van der Waals surface area (Å²) in [5, 5.41) is 11.9. The Labute approximate surface area is 160 Å². The molecule has 0 aliphatic rings. The van der Waals surface area contributed by atoms with Crippen LogP contribution in [0.2, 0.25) is 0 Å². The van der Waals surface area contributed by atoms with Gasteiger partial charge in [0.05, 0.1) is 17.9 Å². The Bertz CT molecular complexity index is 736. The molecule has 0 saturated carbocycles. The molecule has 144 valence electrons. The number of carbonyl (C=O) groups excluding carboxylic acids is 1. The second-order valence-corrected chi connectivity index (χ2v) is 6.39. The second kappa shape index (κ2) is 11.0. The number of carbonyl (C=O) groups is 1. The van der Waals surface area contributed by atoms with Crippen molar-refractivity contribution in [2.75, 3.05) is 6.61 Å². The molecule has 1 N–H and O–H groups in total. The zero-order chi connectivity index (χ0) is 19.5. The van der Waals surface area contributed by atoms with Gasteiger partial charge in [0.1, 0.15) is 11.5 Å². The van der Waals surface area contributed by atoms with Gasteiger partial charge in [0.15, 0.2) is 0 Å². The van der Waals surface area contributed by atoms with E-state index < -0.39 is 5.97 Å². The smallest absolute Gasteiger partial charge is 0.343 e. The first-order valence-corrected chi connectivity index (χ1v) is 9.38. The summed E-state index contributed by atoms with van der Waals surface area (Å²) in [6.07, 6.45) is 5.98. The third-order valence-electron chi connectivity index (χ3n) is 4.24. The quantitative estimate of drug-likeness (QED) is 0.151. The Morgan fingerprint density at radius 1 is 0.889 bits per heavy atom. The summed E-state index contributed by atoms with van der Waals surface area (Å²) < 4.78 is 11.1. The van der Waals surface area contributed by atoms with Crippen LogP contribution in [0.1, 0.15) is 61.9 Å². The van der Waals surface area contributed by atoms with E-state index in [2.05, 4.69) is 12.1 Å². The number of oxime groups is 1. The molecule has 0 spiro atoms. The number of esters is 1. The first-order chi connectivity index (χ1) is 13.1. The van der Waals surface area contributed by atoms with Crippen molar-refractivity contribution in [3.05, 3.63) is 59.7 Å².